The Hall–Kier alpha value is -0.970. The van der Waals surface area contributed by atoms with Gasteiger partial charge in [-0.05, 0) is 22.6 Å². The molecule has 0 aliphatic carbocycles. The van der Waals surface area contributed by atoms with E-state index < -0.39 is 6.43 Å². The number of halogens is 3. The zero-order chi connectivity index (χ0) is 10.7. The predicted octanol–water partition coefficient (Wildman–Crippen LogP) is 2.50. The van der Waals surface area contributed by atoms with Crippen molar-refractivity contribution in [1.82, 2.24) is 4.98 Å². The van der Waals surface area contributed by atoms with Gasteiger partial charge in [-0.15, -0.1) is 0 Å². The van der Waals surface area contributed by atoms with Gasteiger partial charge in [-0.2, -0.15) is 5.26 Å². The molecule has 1 rings (SSSR count). The van der Waals surface area contributed by atoms with Gasteiger partial charge in [0.2, 0.25) is 0 Å². The molecule has 1 aromatic heterocycles. The highest BCUT2D eigenvalue weighted by Crippen LogP contribution is 2.31. The average Bonchev–Trinajstić information content (AvgIpc) is 2.16. The first kappa shape index (κ1) is 11.1. The minimum atomic E-state index is -2.66. The second kappa shape index (κ2) is 4.50. The molecular weight excluding hydrogens is 305 g/mol. The average molecular weight is 310 g/mol. The van der Waals surface area contributed by atoms with Crippen molar-refractivity contribution in [3.05, 3.63) is 21.0 Å². The van der Waals surface area contributed by atoms with Crippen molar-refractivity contribution < 1.29 is 13.5 Å². The maximum Gasteiger partial charge on any atom is 0.281 e. The number of nitriles is 1. The molecule has 6 heteroatoms. The van der Waals surface area contributed by atoms with Gasteiger partial charge >= 0.3 is 0 Å². The van der Waals surface area contributed by atoms with E-state index >= 15 is 0 Å². The fraction of sp³-hybridized carbons (Fsp3) is 0.250. The van der Waals surface area contributed by atoms with Crippen LogP contribution in [-0.2, 0) is 0 Å². The number of nitrogens with zero attached hydrogens (tertiary/aromatic N) is 2. The summed E-state index contributed by atoms with van der Waals surface area (Å²) in [6.07, 6.45) is -1.58. The number of pyridine rings is 1. The van der Waals surface area contributed by atoms with E-state index in [1.54, 1.807) is 22.6 Å². The lowest BCUT2D eigenvalue weighted by atomic mass is 10.2. The molecule has 0 saturated carbocycles. The molecule has 0 aliphatic heterocycles. The molecule has 0 aliphatic rings. The Kier molecular flexibility index (Phi) is 3.57. The van der Waals surface area contributed by atoms with Crippen LogP contribution in [0.3, 0.4) is 0 Å². The van der Waals surface area contributed by atoms with Crippen LogP contribution >= 0.6 is 22.6 Å². The van der Waals surface area contributed by atoms with Crippen LogP contribution in [0.4, 0.5) is 8.78 Å². The van der Waals surface area contributed by atoms with Gasteiger partial charge in [0.1, 0.15) is 17.3 Å². The Labute approximate surface area is 92.8 Å². The van der Waals surface area contributed by atoms with Crippen molar-refractivity contribution in [1.29, 1.82) is 5.26 Å². The fourth-order valence-corrected chi connectivity index (χ4v) is 1.80. The Bertz CT molecular complexity index is 390. The summed E-state index contributed by atoms with van der Waals surface area (Å²) in [7, 11) is 1.33. The summed E-state index contributed by atoms with van der Waals surface area (Å²) < 4.78 is 29.8. The second-order valence-corrected chi connectivity index (χ2v) is 3.40. The third-order valence-electron chi connectivity index (χ3n) is 1.53. The molecule has 3 nitrogen and oxygen atoms in total. The highest BCUT2D eigenvalue weighted by Gasteiger charge is 2.19. The molecule has 0 radical (unpaired) electrons. The van der Waals surface area contributed by atoms with E-state index in [2.05, 4.69) is 4.98 Å². The predicted molar refractivity (Wildman–Crippen MR) is 53.2 cm³/mol. The van der Waals surface area contributed by atoms with Gasteiger partial charge < -0.3 is 4.74 Å². The minimum absolute atomic E-state index is 0.151. The first-order chi connectivity index (χ1) is 6.61. The van der Waals surface area contributed by atoms with Gasteiger partial charge in [0.05, 0.1) is 10.7 Å². The van der Waals surface area contributed by atoms with Crippen LogP contribution in [0.15, 0.2) is 6.20 Å². The maximum atomic E-state index is 12.4. The summed E-state index contributed by atoms with van der Waals surface area (Å²) in [4.78, 5) is 3.50. The molecule has 0 bridgehead atoms. The fourth-order valence-electron chi connectivity index (χ4n) is 0.915. The first-order valence-corrected chi connectivity index (χ1v) is 4.60. The molecule has 14 heavy (non-hydrogen) atoms. The van der Waals surface area contributed by atoms with Crippen LogP contribution in [0.2, 0.25) is 0 Å². The number of alkyl halides is 2. The number of hydrogen-bond acceptors (Lipinski definition) is 3. The van der Waals surface area contributed by atoms with Crippen molar-refractivity contribution in [2.75, 3.05) is 7.11 Å². The van der Waals surface area contributed by atoms with Crippen molar-refractivity contribution in [2.45, 2.75) is 6.43 Å². The topological polar surface area (TPSA) is 45.9 Å². The highest BCUT2D eigenvalue weighted by atomic mass is 127. The molecule has 0 saturated heterocycles. The van der Waals surface area contributed by atoms with Crippen LogP contribution in [0.1, 0.15) is 17.7 Å². The maximum absolute atomic E-state index is 12.4. The third-order valence-corrected chi connectivity index (χ3v) is 2.58. The summed E-state index contributed by atoms with van der Waals surface area (Å²) in [5.74, 6) is 0.151. The molecule has 0 fully saturated rings. The number of aromatic nitrogens is 1. The van der Waals surface area contributed by atoms with Crippen LogP contribution in [0.25, 0.3) is 0 Å². The second-order valence-electron chi connectivity index (χ2n) is 2.32. The monoisotopic (exact) mass is 310 g/mol. The molecule has 0 atom stereocenters. The number of rotatable bonds is 2. The summed E-state index contributed by atoms with van der Waals surface area (Å²) in [5, 5.41) is 8.64. The number of ether oxygens (including phenoxy) is 1. The Morgan fingerprint density at radius 1 is 1.64 bits per heavy atom. The van der Waals surface area contributed by atoms with E-state index in [-0.39, 0.29) is 20.6 Å². The Morgan fingerprint density at radius 2 is 2.29 bits per heavy atom. The van der Waals surface area contributed by atoms with Crippen molar-refractivity contribution in [3.63, 3.8) is 0 Å². The Balaban J connectivity index is 3.37. The van der Waals surface area contributed by atoms with Crippen molar-refractivity contribution in [3.8, 4) is 11.8 Å². The first-order valence-electron chi connectivity index (χ1n) is 3.52. The van der Waals surface area contributed by atoms with E-state index in [0.29, 0.717) is 0 Å². The van der Waals surface area contributed by atoms with E-state index in [4.69, 9.17) is 10.00 Å². The summed E-state index contributed by atoms with van der Waals surface area (Å²) in [5.41, 5.74) is -0.206. The molecule has 0 amide bonds. The minimum Gasteiger partial charge on any atom is -0.494 e. The zero-order valence-corrected chi connectivity index (χ0v) is 9.25. The van der Waals surface area contributed by atoms with Gasteiger partial charge in [-0.1, -0.05) is 0 Å². The Morgan fingerprint density at radius 3 is 2.71 bits per heavy atom. The van der Waals surface area contributed by atoms with Crippen LogP contribution in [0, 0.1) is 14.9 Å². The quantitative estimate of drug-likeness (QED) is 0.789. The van der Waals surface area contributed by atoms with E-state index in [9.17, 15) is 8.78 Å². The number of methoxy groups -OCH3 is 1. The lowest BCUT2D eigenvalue weighted by Crippen LogP contribution is -2.00. The highest BCUT2D eigenvalue weighted by molar-refractivity contribution is 14.1. The van der Waals surface area contributed by atoms with Gasteiger partial charge in [-0.3, -0.25) is 4.98 Å². The largest absolute Gasteiger partial charge is 0.494 e. The lowest BCUT2D eigenvalue weighted by Gasteiger charge is -2.08. The van der Waals surface area contributed by atoms with Crippen LogP contribution in [0.5, 0.6) is 5.75 Å². The normalized spacial score (nSPS) is 10.0. The van der Waals surface area contributed by atoms with Gasteiger partial charge in [0.25, 0.3) is 6.43 Å². The number of hydrogen-bond donors (Lipinski definition) is 0. The smallest absolute Gasteiger partial charge is 0.281 e. The van der Waals surface area contributed by atoms with Gasteiger partial charge in [0, 0.05) is 6.20 Å². The standard InChI is InChI=1S/C8H5F2IN2O/c1-14-7-4(2-12)3-13-6(5(7)11)8(9)10/h3,8H,1H3. The summed E-state index contributed by atoms with van der Waals surface area (Å²) in [6, 6.07) is 1.82. The van der Waals surface area contributed by atoms with Crippen molar-refractivity contribution in [2.24, 2.45) is 0 Å². The molecule has 0 unspecified atom stereocenters. The summed E-state index contributed by atoms with van der Waals surface area (Å²) >= 11 is 1.69. The zero-order valence-electron chi connectivity index (χ0n) is 7.09. The van der Waals surface area contributed by atoms with E-state index in [1.807, 2.05) is 6.07 Å². The van der Waals surface area contributed by atoms with Gasteiger partial charge in [0.15, 0.2) is 5.75 Å². The summed E-state index contributed by atoms with van der Waals surface area (Å²) in [6.45, 7) is 0. The molecular formula is C8H5F2IN2O. The SMILES string of the molecule is COc1c(C#N)cnc(C(F)F)c1I. The van der Waals surface area contributed by atoms with E-state index in [0.717, 1.165) is 6.20 Å². The van der Waals surface area contributed by atoms with E-state index in [1.165, 1.54) is 7.11 Å². The molecule has 1 aromatic rings. The van der Waals surface area contributed by atoms with Crippen molar-refractivity contribution >= 4 is 22.6 Å². The molecule has 0 aromatic carbocycles. The van der Waals surface area contributed by atoms with Gasteiger partial charge in [-0.25, -0.2) is 8.78 Å². The molecule has 0 spiro atoms. The molecule has 0 N–H and O–H groups in total. The molecule has 1 heterocycles. The lowest BCUT2D eigenvalue weighted by molar-refractivity contribution is 0.144. The molecule has 74 valence electrons. The van der Waals surface area contributed by atoms with Crippen LogP contribution in [-0.4, -0.2) is 12.1 Å². The van der Waals surface area contributed by atoms with Crippen LogP contribution < -0.4 is 4.74 Å². The third kappa shape index (κ3) is 1.92.